The highest BCUT2D eigenvalue weighted by Gasteiger charge is 2.25. The molecule has 2 heterocycles. The van der Waals surface area contributed by atoms with Crippen molar-refractivity contribution in [1.82, 2.24) is 20.5 Å². The molecule has 6 heteroatoms. The predicted octanol–water partition coefficient (Wildman–Crippen LogP) is 4.65. The Morgan fingerprint density at radius 1 is 0.944 bits per heavy atom. The SMILES string of the molecule is CC1CC(C)CN(Cc2ccccc2CNC(=O)C(Cc2c[nH]c3ccccc23)NC(=O)C(C)C)C1. The summed E-state index contributed by atoms with van der Waals surface area (Å²) in [6.45, 7) is 11.9. The number of carbonyl (C=O) groups is 2. The molecule has 0 saturated carbocycles. The highest BCUT2D eigenvalue weighted by Crippen LogP contribution is 2.24. The predicted molar refractivity (Wildman–Crippen MR) is 145 cm³/mol. The van der Waals surface area contributed by atoms with Gasteiger partial charge in [-0.05, 0) is 41.0 Å². The van der Waals surface area contributed by atoms with Crippen LogP contribution in [0, 0.1) is 17.8 Å². The van der Waals surface area contributed by atoms with Crippen molar-refractivity contribution in [1.29, 1.82) is 0 Å². The fraction of sp³-hybridized carbons (Fsp3) is 0.467. The first-order valence-electron chi connectivity index (χ1n) is 13.2. The molecule has 36 heavy (non-hydrogen) atoms. The molecule has 6 nitrogen and oxygen atoms in total. The summed E-state index contributed by atoms with van der Waals surface area (Å²) in [6, 6.07) is 15.7. The van der Waals surface area contributed by atoms with Gasteiger partial charge < -0.3 is 15.6 Å². The molecule has 1 aliphatic heterocycles. The summed E-state index contributed by atoms with van der Waals surface area (Å²) in [5.74, 6) is 0.928. The minimum absolute atomic E-state index is 0.122. The van der Waals surface area contributed by atoms with E-state index in [9.17, 15) is 9.59 Å². The summed E-state index contributed by atoms with van der Waals surface area (Å²) in [6.07, 6.45) is 3.65. The summed E-state index contributed by atoms with van der Waals surface area (Å²) in [5, 5.41) is 7.16. The molecule has 3 N–H and O–H groups in total. The van der Waals surface area contributed by atoms with E-state index in [1.807, 2.05) is 50.4 Å². The number of aromatic amines is 1. The van der Waals surface area contributed by atoms with Crippen molar-refractivity contribution < 1.29 is 9.59 Å². The highest BCUT2D eigenvalue weighted by molar-refractivity contribution is 5.90. The maximum Gasteiger partial charge on any atom is 0.243 e. The van der Waals surface area contributed by atoms with E-state index < -0.39 is 6.04 Å². The zero-order valence-corrected chi connectivity index (χ0v) is 22.0. The molecule has 1 fully saturated rings. The Balaban J connectivity index is 1.46. The normalized spacial score (nSPS) is 19.4. The van der Waals surface area contributed by atoms with Crippen LogP contribution in [0.4, 0.5) is 0 Å². The highest BCUT2D eigenvalue weighted by atomic mass is 16.2. The molecule has 1 aliphatic rings. The van der Waals surface area contributed by atoms with Crippen molar-refractivity contribution >= 4 is 22.7 Å². The number of rotatable bonds is 9. The number of benzene rings is 2. The first kappa shape index (κ1) is 26.0. The zero-order chi connectivity index (χ0) is 25.7. The summed E-state index contributed by atoms with van der Waals surface area (Å²) < 4.78 is 0. The van der Waals surface area contributed by atoms with Crippen LogP contribution in [0.2, 0.25) is 0 Å². The maximum atomic E-state index is 13.4. The molecule has 192 valence electrons. The van der Waals surface area contributed by atoms with Gasteiger partial charge in [0.1, 0.15) is 6.04 Å². The van der Waals surface area contributed by atoms with Gasteiger partial charge in [0.2, 0.25) is 11.8 Å². The number of amides is 2. The Kier molecular flexibility index (Phi) is 8.47. The third-order valence-corrected chi connectivity index (χ3v) is 7.17. The summed E-state index contributed by atoms with van der Waals surface area (Å²) in [4.78, 5) is 31.7. The molecule has 4 rings (SSSR count). The molecular formula is C30H40N4O2. The maximum absolute atomic E-state index is 13.4. The number of hydrogen-bond donors (Lipinski definition) is 3. The summed E-state index contributed by atoms with van der Waals surface area (Å²) in [7, 11) is 0. The molecule has 0 radical (unpaired) electrons. The third-order valence-electron chi connectivity index (χ3n) is 7.17. The fourth-order valence-corrected chi connectivity index (χ4v) is 5.42. The molecule has 3 aromatic rings. The van der Waals surface area contributed by atoms with Gasteiger partial charge >= 0.3 is 0 Å². The van der Waals surface area contributed by atoms with Crippen LogP contribution in [-0.4, -0.2) is 40.8 Å². The van der Waals surface area contributed by atoms with Crippen molar-refractivity contribution in [3.05, 3.63) is 71.4 Å². The van der Waals surface area contributed by atoms with E-state index in [-0.39, 0.29) is 17.7 Å². The van der Waals surface area contributed by atoms with Crippen LogP contribution in [0.5, 0.6) is 0 Å². The Bertz CT molecular complexity index is 1170. The van der Waals surface area contributed by atoms with Crippen LogP contribution in [0.3, 0.4) is 0 Å². The second-order valence-corrected chi connectivity index (χ2v) is 10.9. The van der Waals surface area contributed by atoms with Crippen molar-refractivity contribution in [3.8, 4) is 0 Å². The van der Waals surface area contributed by atoms with Gasteiger partial charge in [-0.25, -0.2) is 0 Å². The molecule has 1 aromatic heterocycles. The third kappa shape index (κ3) is 6.55. The number of piperidine rings is 1. The average molecular weight is 489 g/mol. The lowest BCUT2D eigenvalue weighted by Gasteiger charge is -2.35. The Hall–Kier alpha value is -3.12. The number of H-pyrrole nitrogens is 1. The Labute approximate surface area is 214 Å². The van der Waals surface area contributed by atoms with Gasteiger partial charge in [0.15, 0.2) is 0 Å². The number of fused-ring (bicyclic) bond motifs is 1. The second-order valence-electron chi connectivity index (χ2n) is 10.9. The van der Waals surface area contributed by atoms with E-state index in [4.69, 9.17) is 0 Å². The van der Waals surface area contributed by atoms with Crippen LogP contribution in [0.15, 0.2) is 54.7 Å². The quantitative estimate of drug-likeness (QED) is 0.410. The molecular weight excluding hydrogens is 448 g/mol. The van der Waals surface area contributed by atoms with Crippen LogP contribution in [0.25, 0.3) is 10.9 Å². The number of nitrogens with one attached hydrogen (secondary N) is 3. The van der Waals surface area contributed by atoms with Gasteiger partial charge in [0.05, 0.1) is 0 Å². The number of hydrogen-bond acceptors (Lipinski definition) is 3. The monoisotopic (exact) mass is 488 g/mol. The molecule has 0 spiro atoms. The Morgan fingerprint density at radius 2 is 1.61 bits per heavy atom. The number of carbonyl (C=O) groups excluding carboxylic acids is 2. The van der Waals surface area contributed by atoms with Crippen LogP contribution >= 0.6 is 0 Å². The summed E-state index contributed by atoms with van der Waals surface area (Å²) in [5.41, 5.74) is 4.41. The molecule has 3 unspecified atom stereocenters. The molecule has 2 aromatic carbocycles. The molecule has 0 bridgehead atoms. The fourth-order valence-electron chi connectivity index (χ4n) is 5.42. The van der Waals surface area contributed by atoms with E-state index >= 15 is 0 Å². The second kappa shape index (κ2) is 11.7. The lowest BCUT2D eigenvalue weighted by Crippen LogP contribution is -2.49. The van der Waals surface area contributed by atoms with Gasteiger partial charge in [-0.15, -0.1) is 0 Å². The van der Waals surface area contributed by atoms with E-state index in [1.54, 1.807) is 0 Å². The van der Waals surface area contributed by atoms with Gasteiger partial charge in [-0.3, -0.25) is 14.5 Å². The van der Waals surface area contributed by atoms with Crippen molar-refractivity contribution in [2.45, 2.75) is 59.7 Å². The van der Waals surface area contributed by atoms with E-state index in [0.717, 1.165) is 41.7 Å². The van der Waals surface area contributed by atoms with Gasteiger partial charge in [-0.1, -0.05) is 70.2 Å². The van der Waals surface area contributed by atoms with Gasteiger partial charge in [0.25, 0.3) is 0 Å². The first-order chi connectivity index (χ1) is 17.3. The van der Waals surface area contributed by atoms with Crippen LogP contribution in [0.1, 0.15) is 50.8 Å². The van der Waals surface area contributed by atoms with E-state index in [2.05, 4.69) is 52.6 Å². The van der Waals surface area contributed by atoms with Crippen LogP contribution < -0.4 is 10.6 Å². The minimum atomic E-state index is -0.643. The number of nitrogens with zero attached hydrogens (tertiary/aromatic N) is 1. The first-order valence-corrected chi connectivity index (χ1v) is 13.2. The number of likely N-dealkylation sites (tertiary alicyclic amines) is 1. The van der Waals surface area contributed by atoms with Crippen molar-refractivity contribution in [2.24, 2.45) is 17.8 Å². The van der Waals surface area contributed by atoms with Crippen LogP contribution in [-0.2, 0) is 29.1 Å². The summed E-state index contributed by atoms with van der Waals surface area (Å²) >= 11 is 0. The molecule has 3 atom stereocenters. The topological polar surface area (TPSA) is 77.2 Å². The lowest BCUT2D eigenvalue weighted by atomic mass is 9.91. The minimum Gasteiger partial charge on any atom is -0.361 e. The largest absolute Gasteiger partial charge is 0.361 e. The number of para-hydroxylation sites is 1. The lowest BCUT2D eigenvalue weighted by molar-refractivity contribution is -0.130. The standard InChI is InChI=1S/C30H40N4O2/c1-20(2)29(35)33-28(14-25-16-31-27-12-8-7-11-26(25)27)30(36)32-15-23-9-5-6-10-24(23)19-34-17-21(3)13-22(4)18-34/h5-12,16,20-22,28,31H,13-15,17-19H2,1-4H3,(H,32,36)(H,33,35). The zero-order valence-electron chi connectivity index (χ0n) is 22.0. The molecule has 0 aliphatic carbocycles. The van der Waals surface area contributed by atoms with Crippen molar-refractivity contribution in [2.75, 3.05) is 13.1 Å². The van der Waals surface area contributed by atoms with Crippen molar-refractivity contribution in [3.63, 3.8) is 0 Å². The smallest absolute Gasteiger partial charge is 0.243 e. The molecule has 1 saturated heterocycles. The number of aromatic nitrogens is 1. The van der Waals surface area contributed by atoms with E-state index in [1.165, 1.54) is 12.0 Å². The Morgan fingerprint density at radius 3 is 2.33 bits per heavy atom. The van der Waals surface area contributed by atoms with Gasteiger partial charge in [-0.2, -0.15) is 0 Å². The molecule has 2 amide bonds. The van der Waals surface area contributed by atoms with E-state index in [0.29, 0.717) is 24.8 Å². The van der Waals surface area contributed by atoms with Gasteiger partial charge in [0, 0.05) is 55.6 Å². The average Bonchev–Trinajstić information content (AvgIpc) is 3.25.